The zero-order valence-electron chi connectivity index (χ0n) is 9.91. The Kier molecular flexibility index (Phi) is 3.82. The highest BCUT2D eigenvalue weighted by atomic mass is 32.2. The van der Waals surface area contributed by atoms with Gasteiger partial charge in [-0.3, -0.25) is 0 Å². The lowest BCUT2D eigenvalue weighted by atomic mass is 10.1. The summed E-state index contributed by atoms with van der Waals surface area (Å²) in [6.45, 7) is -0.433. The highest BCUT2D eigenvalue weighted by Gasteiger charge is 2.08. The summed E-state index contributed by atoms with van der Waals surface area (Å²) in [4.78, 5) is 11.7. The number of benzene rings is 2. The van der Waals surface area contributed by atoms with Crippen LogP contribution >= 0.6 is 0 Å². The van der Waals surface area contributed by atoms with Gasteiger partial charge in [-0.15, -0.1) is 0 Å². The third-order valence-electron chi connectivity index (χ3n) is 2.55. The summed E-state index contributed by atoms with van der Waals surface area (Å²) >= 11 is 0. The molecule has 2 rings (SSSR count). The first kappa shape index (κ1) is 13.5. The molecular formula is C13H11O5S-. The van der Waals surface area contributed by atoms with Crippen LogP contribution in [0, 0.1) is 0 Å². The van der Waals surface area contributed by atoms with E-state index in [9.17, 15) is 17.8 Å². The van der Waals surface area contributed by atoms with E-state index in [1.54, 1.807) is 18.2 Å². The Morgan fingerprint density at radius 3 is 2.47 bits per heavy atom. The Morgan fingerprint density at radius 2 is 1.79 bits per heavy atom. The van der Waals surface area contributed by atoms with Crippen molar-refractivity contribution in [2.24, 2.45) is 0 Å². The molecule has 0 atom stereocenters. The van der Waals surface area contributed by atoms with Gasteiger partial charge in [0.1, 0.15) is 6.61 Å². The molecule has 0 unspecified atom stereocenters. The number of esters is 1. The molecule has 0 fully saturated rings. The molecule has 0 amide bonds. The molecule has 0 N–H and O–H groups in total. The molecule has 100 valence electrons. The van der Waals surface area contributed by atoms with Gasteiger partial charge in [0.2, 0.25) is 0 Å². The van der Waals surface area contributed by atoms with Crippen LogP contribution in [0.15, 0.2) is 42.5 Å². The Balaban J connectivity index is 2.09. The van der Waals surface area contributed by atoms with E-state index in [-0.39, 0.29) is 0 Å². The molecule has 2 aromatic carbocycles. The summed E-state index contributed by atoms with van der Waals surface area (Å²) in [6, 6.07) is 12.5. The van der Waals surface area contributed by atoms with Crippen molar-refractivity contribution < 1.29 is 22.5 Å². The maximum absolute atomic E-state index is 11.7. The first-order valence-electron chi connectivity index (χ1n) is 5.55. The number of carbonyl (C=O) groups is 1. The van der Waals surface area contributed by atoms with E-state index >= 15 is 0 Å². The van der Waals surface area contributed by atoms with Crippen LogP contribution in [0.25, 0.3) is 10.8 Å². The fraction of sp³-hybridized carbons (Fsp3) is 0.154. The second-order valence-electron chi connectivity index (χ2n) is 3.96. The summed E-state index contributed by atoms with van der Waals surface area (Å²) in [6.07, 6.45) is 0. The summed E-state index contributed by atoms with van der Waals surface area (Å²) in [5, 5.41) is 1.87. The molecule has 5 nitrogen and oxygen atoms in total. The molecule has 6 heteroatoms. The van der Waals surface area contributed by atoms with Gasteiger partial charge in [0.25, 0.3) is 0 Å². The number of ether oxygens (including phenoxy) is 1. The average Bonchev–Trinajstić information content (AvgIpc) is 2.36. The average molecular weight is 279 g/mol. The lowest BCUT2D eigenvalue weighted by Gasteiger charge is -2.08. The van der Waals surface area contributed by atoms with Crippen molar-refractivity contribution in [2.75, 3.05) is 12.4 Å². The van der Waals surface area contributed by atoms with Crippen molar-refractivity contribution in [3.63, 3.8) is 0 Å². The van der Waals surface area contributed by atoms with Gasteiger partial charge in [-0.05, 0) is 22.9 Å². The van der Waals surface area contributed by atoms with Crippen LogP contribution in [0.3, 0.4) is 0 Å². The van der Waals surface area contributed by atoms with Crippen LogP contribution in [0.5, 0.6) is 0 Å². The third kappa shape index (κ3) is 3.77. The number of fused-ring (bicyclic) bond motifs is 1. The number of hydrogen-bond donors (Lipinski definition) is 0. The zero-order chi connectivity index (χ0) is 13.9. The molecule has 0 aliphatic carbocycles. The predicted molar refractivity (Wildman–Crippen MR) is 68.8 cm³/mol. The van der Waals surface area contributed by atoms with Crippen molar-refractivity contribution in [2.45, 2.75) is 0 Å². The Bertz CT molecular complexity index is 706. The predicted octanol–water partition coefficient (Wildman–Crippen LogP) is 1.54. The fourth-order valence-corrected chi connectivity index (χ4v) is 1.92. The largest absolute Gasteiger partial charge is 0.748 e. The molecule has 2 aromatic rings. The number of hydrogen-bond acceptors (Lipinski definition) is 5. The quantitative estimate of drug-likeness (QED) is 0.626. The van der Waals surface area contributed by atoms with E-state index in [0.29, 0.717) is 5.56 Å². The molecule has 0 aromatic heterocycles. The molecule has 0 aliphatic heterocycles. The van der Waals surface area contributed by atoms with Crippen molar-refractivity contribution >= 4 is 26.9 Å². The van der Waals surface area contributed by atoms with E-state index < -0.39 is 28.4 Å². The third-order valence-corrected chi connectivity index (χ3v) is 3.22. The van der Waals surface area contributed by atoms with Crippen molar-refractivity contribution in [1.82, 2.24) is 0 Å². The first-order valence-corrected chi connectivity index (χ1v) is 7.13. The minimum absolute atomic E-state index is 0.321. The SMILES string of the molecule is O=C(OCCS(=O)(=O)[O-])c1ccc2ccccc2c1. The van der Waals surface area contributed by atoms with Gasteiger partial charge in [0.05, 0.1) is 21.4 Å². The van der Waals surface area contributed by atoms with Gasteiger partial charge in [-0.25, -0.2) is 13.2 Å². The fourth-order valence-electron chi connectivity index (χ4n) is 1.64. The molecule has 0 heterocycles. The second-order valence-corrected chi connectivity index (χ2v) is 5.48. The molecule has 0 radical (unpaired) electrons. The summed E-state index contributed by atoms with van der Waals surface area (Å²) < 4.78 is 35.9. The van der Waals surface area contributed by atoms with Gasteiger partial charge in [-0.2, -0.15) is 0 Å². The number of carbonyl (C=O) groups excluding carboxylic acids is 1. The summed E-state index contributed by atoms with van der Waals surface area (Å²) in [5.74, 6) is -1.36. The Hall–Kier alpha value is -1.92. The molecule has 19 heavy (non-hydrogen) atoms. The topological polar surface area (TPSA) is 83.5 Å². The smallest absolute Gasteiger partial charge is 0.338 e. The van der Waals surface area contributed by atoms with E-state index in [2.05, 4.69) is 0 Å². The molecular weight excluding hydrogens is 268 g/mol. The van der Waals surface area contributed by atoms with Crippen LogP contribution in [0.2, 0.25) is 0 Å². The van der Waals surface area contributed by atoms with Gasteiger partial charge in [0, 0.05) is 0 Å². The van der Waals surface area contributed by atoms with Gasteiger partial charge >= 0.3 is 5.97 Å². The maximum Gasteiger partial charge on any atom is 0.338 e. The Morgan fingerprint density at radius 1 is 1.11 bits per heavy atom. The highest BCUT2D eigenvalue weighted by Crippen LogP contribution is 2.16. The lowest BCUT2D eigenvalue weighted by Crippen LogP contribution is -2.14. The lowest BCUT2D eigenvalue weighted by molar-refractivity contribution is 0.0528. The molecule has 0 spiro atoms. The van der Waals surface area contributed by atoms with E-state index in [0.717, 1.165) is 10.8 Å². The maximum atomic E-state index is 11.7. The Labute approximate surface area is 110 Å². The first-order chi connectivity index (χ1) is 8.96. The highest BCUT2D eigenvalue weighted by molar-refractivity contribution is 7.85. The van der Waals surface area contributed by atoms with Crippen molar-refractivity contribution in [3.05, 3.63) is 48.0 Å². The standard InChI is InChI=1S/C13H12O5S/c14-13(18-7-8-19(15,16)17)12-6-5-10-3-1-2-4-11(10)9-12/h1-6,9H,7-8H2,(H,15,16,17)/p-1. The van der Waals surface area contributed by atoms with E-state index in [1.165, 1.54) is 0 Å². The number of rotatable bonds is 4. The van der Waals surface area contributed by atoms with Gasteiger partial charge in [-0.1, -0.05) is 30.3 Å². The van der Waals surface area contributed by atoms with Crippen LogP contribution < -0.4 is 0 Å². The molecule has 0 aliphatic rings. The molecule has 0 saturated heterocycles. The van der Waals surface area contributed by atoms with E-state index in [4.69, 9.17) is 4.74 Å². The van der Waals surface area contributed by atoms with Gasteiger partial charge < -0.3 is 9.29 Å². The van der Waals surface area contributed by atoms with Gasteiger partial charge in [0.15, 0.2) is 0 Å². The second kappa shape index (κ2) is 5.38. The van der Waals surface area contributed by atoms with Crippen LogP contribution in [0.1, 0.15) is 10.4 Å². The van der Waals surface area contributed by atoms with E-state index in [1.807, 2.05) is 24.3 Å². The normalized spacial score (nSPS) is 11.4. The van der Waals surface area contributed by atoms with Crippen molar-refractivity contribution in [3.8, 4) is 0 Å². The summed E-state index contributed by atoms with van der Waals surface area (Å²) in [5.41, 5.74) is 0.321. The molecule has 0 saturated carbocycles. The minimum Gasteiger partial charge on any atom is -0.748 e. The minimum atomic E-state index is -4.36. The van der Waals surface area contributed by atoms with Crippen LogP contribution in [-0.2, 0) is 14.9 Å². The molecule has 0 bridgehead atoms. The van der Waals surface area contributed by atoms with Crippen LogP contribution in [0.4, 0.5) is 0 Å². The van der Waals surface area contributed by atoms with Crippen molar-refractivity contribution in [1.29, 1.82) is 0 Å². The van der Waals surface area contributed by atoms with Crippen LogP contribution in [-0.4, -0.2) is 31.3 Å². The zero-order valence-corrected chi connectivity index (χ0v) is 10.7. The monoisotopic (exact) mass is 279 g/mol. The summed E-state index contributed by atoms with van der Waals surface area (Å²) in [7, 11) is -4.36.